The van der Waals surface area contributed by atoms with E-state index in [4.69, 9.17) is 11.6 Å². The Bertz CT molecular complexity index is 612. The highest BCUT2D eigenvalue weighted by Crippen LogP contribution is 2.22. The fraction of sp³-hybridized carbons (Fsp3) is 0.308. The minimum atomic E-state index is -0.415. The highest BCUT2D eigenvalue weighted by atomic mass is 35.5. The van der Waals surface area contributed by atoms with Crippen LogP contribution >= 0.6 is 11.6 Å². The number of nitro groups is 1. The van der Waals surface area contributed by atoms with E-state index >= 15 is 0 Å². The minimum absolute atomic E-state index is 0.0443. The van der Waals surface area contributed by atoms with Crippen molar-refractivity contribution in [2.24, 2.45) is 7.05 Å². The van der Waals surface area contributed by atoms with E-state index in [9.17, 15) is 10.1 Å². The predicted octanol–water partition coefficient (Wildman–Crippen LogP) is 2.31. The van der Waals surface area contributed by atoms with Crippen molar-refractivity contribution in [1.29, 1.82) is 0 Å². The van der Waals surface area contributed by atoms with Crippen molar-refractivity contribution in [3.63, 3.8) is 0 Å². The summed E-state index contributed by atoms with van der Waals surface area (Å²) in [4.78, 5) is 10.5. The molecule has 1 N–H and O–H groups in total. The van der Waals surface area contributed by atoms with Gasteiger partial charge in [0.05, 0.1) is 10.6 Å². The van der Waals surface area contributed by atoms with E-state index in [-0.39, 0.29) is 5.69 Å². The lowest BCUT2D eigenvalue weighted by Gasteiger charge is -2.05. The highest BCUT2D eigenvalue weighted by Gasteiger charge is 2.13. The van der Waals surface area contributed by atoms with E-state index in [0.717, 1.165) is 12.1 Å². The lowest BCUT2D eigenvalue weighted by Crippen LogP contribution is -2.17. The van der Waals surface area contributed by atoms with Gasteiger partial charge in [0.2, 0.25) is 0 Å². The van der Waals surface area contributed by atoms with Gasteiger partial charge < -0.3 is 5.32 Å². The molecular weight excluding hydrogens is 280 g/mol. The summed E-state index contributed by atoms with van der Waals surface area (Å²) in [5, 5.41) is 18.7. The van der Waals surface area contributed by atoms with E-state index in [1.54, 1.807) is 16.8 Å². The lowest BCUT2D eigenvalue weighted by molar-refractivity contribution is -0.385. The summed E-state index contributed by atoms with van der Waals surface area (Å²) in [6.07, 6.45) is 2.67. The molecule has 2 rings (SSSR count). The molecule has 106 valence electrons. The summed E-state index contributed by atoms with van der Waals surface area (Å²) in [5.74, 6) is 0. The second-order valence-corrected chi connectivity index (χ2v) is 4.87. The molecule has 0 saturated heterocycles. The van der Waals surface area contributed by atoms with E-state index in [1.165, 1.54) is 6.07 Å². The van der Waals surface area contributed by atoms with Crippen molar-refractivity contribution in [3.05, 3.63) is 56.9 Å². The number of hydrogen-bond donors (Lipinski definition) is 1. The largest absolute Gasteiger partial charge is 0.312 e. The number of aryl methyl sites for hydroxylation is 1. The third-order valence-corrected chi connectivity index (χ3v) is 3.12. The molecule has 0 spiro atoms. The van der Waals surface area contributed by atoms with Gasteiger partial charge in [-0.2, -0.15) is 5.10 Å². The number of nitrogens with zero attached hydrogens (tertiary/aromatic N) is 3. The Morgan fingerprint density at radius 2 is 2.25 bits per heavy atom. The first-order valence-electron chi connectivity index (χ1n) is 6.18. The Morgan fingerprint density at radius 3 is 2.90 bits per heavy atom. The number of hydrogen-bond acceptors (Lipinski definition) is 4. The van der Waals surface area contributed by atoms with E-state index in [2.05, 4.69) is 10.4 Å². The molecule has 0 bridgehead atoms. The Balaban J connectivity index is 1.89. The summed E-state index contributed by atoms with van der Waals surface area (Å²) in [7, 11) is 1.87. The van der Waals surface area contributed by atoms with Crippen molar-refractivity contribution < 1.29 is 4.92 Å². The number of rotatable bonds is 6. The van der Waals surface area contributed by atoms with Gasteiger partial charge in [-0.25, -0.2) is 0 Å². The Labute approximate surface area is 121 Å². The van der Waals surface area contributed by atoms with E-state index in [0.29, 0.717) is 23.7 Å². The van der Waals surface area contributed by atoms with Crippen LogP contribution in [0.25, 0.3) is 0 Å². The Kier molecular flexibility index (Phi) is 4.70. The monoisotopic (exact) mass is 294 g/mol. The molecule has 0 aliphatic heterocycles. The van der Waals surface area contributed by atoms with Gasteiger partial charge >= 0.3 is 0 Å². The van der Waals surface area contributed by atoms with Crippen LogP contribution in [-0.2, 0) is 20.0 Å². The molecule has 0 amide bonds. The third kappa shape index (κ3) is 3.79. The molecule has 20 heavy (non-hydrogen) atoms. The summed E-state index contributed by atoms with van der Waals surface area (Å²) in [6.45, 7) is 1.14. The Morgan fingerprint density at radius 1 is 1.45 bits per heavy atom. The molecule has 0 atom stereocenters. The van der Waals surface area contributed by atoms with Gasteiger partial charge in [0.25, 0.3) is 5.69 Å². The SMILES string of the molecule is Cn1ccc(CCNCc2ccc(Cl)cc2[N+](=O)[O-])n1. The molecule has 1 heterocycles. The predicted molar refractivity (Wildman–Crippen MR) is 76.7 cm³/mol. The highest BCUT2D eigenvalue weighted by molar-refractivity contribution is 6.30. The van der Waals surface area contributed by atoms with Gasteiger partial charge in [0.15, 0.2) is 0 Å². The van der Waals surface area contributed by atoms with Gasteiger partial charge in [-0.3, -0.25) is 14.8 Å². The van der Waals surface area contributed by atoms with Crippen molar-refractivity contribution >= 4 is 17.3 Å². The maximum absolute atomic E-state index is 10.9. The van der Waals surface area contributed by atoms with Gasteiger partial charge in [-0.15, -0.1) is 0 Å². The van der Waals surface area contributed by atoms with Crippen LogP contribution in [0.5, 0.6) is 0 Å². The van der Waals surface area contributed by atoms with Crippen LogP contribution in [-0.4, -0.2) is 21.2 Å². The fourth-order valence-corrected chi connectivity index (χ4v) is 2.06. The average molecular weight is 295 g/mol. The molecular formula is C13H15ClN4O2. The normalized spacial score (nSPS) is 10.7. The minimum Gasteiger partial charge on any atom is -0.312 e. The zero-order chi connectivity index (χ0) is 14.5. The smallest absolute Gasteiger partial charge is 0.275 e. The molecule has 1 aromatic heterocycles. The van der Waals surface area contributed by atoms with Crippen molar-refractivity contribution in [1.82, 2.24) is 15.1 Å². The number of aromatic nitrogens is 2. The standard InChI is InChI=1S/C13H15ClN4O2/c1-17-7-5-12(16-17)4-6-15-9-10-2-3-11(14)8-13(10)18(19)20/h2-3,5,7-8,15H,4,6,9H2,1H3. The summed E-state index contributed by atoms with van der Waals surface area (Å²) in [5.41, 5.74) is 1.66. The van der Waals surface area contributed by atoms with Gasteiger partial charge in [0.1, 0.15) is 0 Å². The molecule has 1 aromatic carbocycles. The van der Waals surface area contributed by atoms with Crippen LogP contribution in [0.3, 0.4) is 0 Å². The van der Waals surface area contributed by atoms with Gasteiger partial charge in [-0.05, 0) is 18.2 Å². The molecule has 2 aromatic rings. The molecule has 0 saturated carbocycles. The van der Waals surface area contributed by atoms with Crippen LogP contribution in [0.15, 0.2) is 30.5 Å². The maximum Gasteiger partial charge on any atom is 0.275 e. The molecule has 0 unspecified atom stereocenters. The number of nitro benzene ring substituents is 1. The van der Waals surface area contributed by atoms with Crippen LogP contribution in [0, 0.1) is 10.1 Å². The zero-order valence-corrected chi connectivity index (χ0v) is 11.8. The molecule has 7 heteroatoms. The molecule has 0 radical (unpaired) electrons. The second kappa shape index (κ2) is 6.49. The first kappa shape index (κ1) is 14.5. The fourth-order valence-electron chi connectivity index (χ4n) is 1.89. The van der Waals surface area contributed by atoms with Crippen LogP contribution < -0.4 is 5.32 Å². The first-order chi connectivity index (χ1) is 9.56. The number of halogens is 1. The van der Waals surface area contributed by atoms with Crippen LogP contribution in [0.4, 0.5) is 5.69 Å². The summed E-state index contributed by atoms with van der Waals surface area (Å²) >= 11 is 5.77. The molecule has 0 aliphatic rings. The van der Waals surface area contributed by atoms with Crippen molar-refractivity contribution in [3.8, 4) is 0 Å². The van der Waals surface area contributed by atoms with Crippen molar-refractivity contribution in [2.45, 2.75) is 13.0 Å². The molecule has 0 aliphatic carbocycles. The van der Waals surface area contributed by atoms with E-state index < -0.39 is 4.92 Å². The lowest BCUT2D eigenvalue weighted by atomic mass is 10.2. The zero-order valence-electron chi connectivity index (χ0n) is 11.0. The quantitative estimate of drug-likeness (QED) is 0.504. The van der Waals surface area contributed by atoms with Gasteiger partial charge in [-0.1, -0.05) is 11.6 Å². The van der Waals surface area contributed by atoms with E-state index in [1.807, 2.05) is 19.3 Å². The molecule has 0 fully saturated rings. The molecule has 6 nitrogen and oxygen atoms in total. The second-order valence-electron chi connectivity index (χ2n) is 4.44. The number of benzene rings is 1. The van der Waals surface area contributed by atoms with Crippen LogP contribution in [0.1, 0.15) is 11.3 Å². The Hall–Kier alpha value is -1.92. The third-order valence-electron chi connectivity index (χ3n) is 2.89. The van der Waals surface area contributed by atoms with Crippen LogP contribution in [0.2, 0.25) is 5.02 Å². The average Bonchev–Trinajstić information content (AvgIpc) is 2.81. The number of nitrogens with one attached hydrogen (secondary N) is 1. The summed E-state index contributed by atoms with van der Waals surface area (Å²) < 4.78 is 1.75. The summed E-state index contributed by atoms with van der Waals surface area (Å²) in [6, 6.07) is 6.66. The maximum atomic E-state index is 10.9. The van der Waals surface area contributed by atoms with Crippen molar-refractivity contribution in [2.75, 3.05) is 6.54 Å². The topological polar surface area (TPSA) is 73.0 Å². The van der Waals surface area contributed by atoms with Gasteiger partial charge in [0, 0.05) is 49.4 Å². The first-order valence-corrected chi connectivity index (χ1v) is 6.56.